The van der Waals surface area contributed by atoms with E-state index in [1.54, 1.807) is 18.0 Å². The van der Waals surface area contributed by atoms with E-state index in [0.717, 1.165) is 17.4 Å². The second kappa shape index (κ2) is 8.22. The molecule has 0 spiro atoms. The SMILES string of the molecule is CN1c2ccc(C(=O)O)cc2NC1(CC(O)C(N)=O)Nc1nc2ccc(OC(F)(F)F)cc2s1. The molecule has 3 aromatic rings. The number of alkyl halides is 3. The maximum atomic E-state index is 12.5. The number of carbonyl (C=O) groups is 2. The van der Waals surface area contributed by atoms with Crippen LogP contribution >= 0.6 is 11.3 Å². The van der Waals surface area contributed by atoms with Crippen molar-refractivity contribution < 1.29 is 37.7 Å². The predicted molar refractivity (Wildman–Crippen MR) is 118 cm³/mol. The molecule has 1 amide bonds. The molecule has 1 aliphatic heterocycles. The van der Waals surface area contributed by atoms with Gasteiger partial charge in [-0.2, -0.15) is 0 Å². The lowest BCUT2D eigenvalue weighted by atomic mass is 10.1. The first-order chi connectivity index (χ1) is 15.9. The maximum Gasteiger partial charge on any atom is 0.573 e. The zero-order valence-corrected chi connectivity index (χ0v) is 18.2. The van der Waals surface area contributed by atoms with Gasteiger partial charge in [0.2, 0.25) is 5.91 Å². The number of thiazole rings is 1. The van der Waals surface area contributed by atoms with E-state index >= 15 is 0 Å². The molecule has 2 heterocycles. The molecule has 0 fully saturated rings. The Hall–Kier alpha value is -3.78. The van der Waals surface area contributed by atoms with Gasteiger partial charge in [0.1, 0.15) is 11.9 Å². The minimum atomic E-state index is -4.84. The third-order valence-electron chi connectivity index (χ3n) is 5.24. The van der Waals surface area contributed by atoms with Crippen molar-refractivity contribution in [2.45, 2.75) is 24.7 Å². The number of aromatic nitrogens is 1. The number of carboxylic acids is 1. The summed E-state index contributed by atoms with van der Waals surface area (Å²) in [5.74, 6) is -3.89. The highest BCUT2D eigenvalue weighted by Gasteiger charge is 2.45. The summed E-state index contributed by atoms with van der Waals surface area (Å²) >= 11 is 1.02. The van der Waals surface area contributed by atoms with Crippen LogP contribution in [-0.2, 0) is 4.79 Å². The number of ether oxygens (including phenoxy) is 1. The molecule has 10 nitrogen and oxygen atoms in total. The molecular weight excluding hydrogens is 479 g/mol. The average Bonchev–Trinajstić information content (AvgIpc) is 3.24. The van der Waals surface area contributed by atoms with Gasteiger partial charge in [0, 0.05) is 19.5 Å². The van der Waals surface area contributed by atoms with Crippen LogP contribution in [0.15, 0.2) is 36.4 Å². The summed E-state index contributed by atoms with van der Waals surface area (Å²) in [6, 6.07) is 8.05. The Kier molecular flexibility index (Phi) is 5.65. The Labute approximate surface area is 193 Å². The normalized spacial score (nSPS) is 18.3. The van der Waals surface area contributed by atoms with Crippen LogP contribution in [0.1, 0.15) is 16.8 Å². The number of carboxylic acid groups (broad SMARTS) is 1. The molecule has 34 heavy (non-hydrogen) atoms. The number of nitrogens with one attached hydrogen (secondary N) is 2. The number of aromatic carboxylic acids is 1. The van der Waals surface area contributed by atoms with Gasteiger partial charge in [-0.1, -0.05) is 11.3 Å². The fourth-order valence-electron chi connectivity index (χ4n) is 3.64. The summed E-state index contributed by atoms with van der Waals surface area (Å²) in [4.78, 5) is 29.0. The number of fused-ring (bicyclic) bond motifs is 2. The number of anilines is 3. The minimum Gasteiger partial charge on any atom is -0.478 e. The number of nitrogens with two attached hydrogens (primary N) is 1. The van der Waals surface area contributed by atoms with Crippen LogP contribution in [0.3, 0.4) is 0 Å². The summed E-state index contributed by atoms with van der Waals surface area (Å²) in [6.45, 7) is 0. The second-order valence-electron chi connectivity index (χ2n) is 7.53. The number of hydrogen-bond acceptors (Lipinski definition) is 9. The number of nitrogens with zero attached hydrogens (tertiary/aromatic N) is 2. The molecule has 14 heteroatoms. The first kappa shape index (κ1) is 23.4. The van der Waals surface area contributed by atoms with Crippen molar-refractivity contribution in [2.24, 2.45) is 5.73 Å². The molecule has 6 N–H and O–H groups in total. The number of aliphatic hydroxyl groups excluding tert-OH is 1. The molecule has 0 saturated carbocycles. The van der Waals surface area contributed by atoms with Crippen LogP contribution in [0.4, 0.5) is 29.7 Å². The number of rotatable bonds is 7. The molecule has 1 aromatic heterocycles. The summed E-state index contributed by atoms with van der Waals surface area (Å²) in [6.07, 6.45) is -6.70. The largest absolute Gasteiger partial charge is 0.573 e. The maximum absolute atomic E-state index is 12.5. The van der Waals surface area contributed by atoms with Gasteiger partial charge < -0.3 is 36.2 Å². The number of amides is 1. The third kappa shape index (κ3) is 4.49. The highest BCUT2D eigenvalue weighted by Crippen LogP contribution is 2.43. The van der Waals surface area contributed by atoms with Crippen LogP contribution in [0.2, 0.25) is 0 Å². The number of benzene rings is 2. The van der Waals surface area contributed by atoms with Gasteiger partial charge in [0.25, 0.3) is 0 Å². The zero-order chi connectivity index (χ0) is 24.8. The minimum absolute atomic E-state index is 0.0167. The molecule has 2 aromatic carbocycles. The highest BCUT2D eigenvalue weighted by atomic mass is 32.1. The lowest BCUT2D eigenvalue weighted by Gasteiger charge is -2.39. The zero-order valence-electron chi connectivity index (χ0n) is 17.4. The summed E-state index contributed by atoms with van der Waals surface area (Å²) in [5.41, 5.74) is 6.63. The van der Waals surface area contributed by atoms with Gasteiger partial charge >= 0.3 is 12.3 Å². The molecule has 0 bridgehead atoms. The van der Waals surface area contributed by atoms with E-state index in [4.69, 9.17) is 5.73 Å². The van der Waals surface area contributed by atoms with Crippen molar-refractivity contribution in [1.29, 1.82) is 0 Å². The van der Waals surface area contributed by atoms with Crippen molar-refractivity contribution in [3.8, 4) is 5.75 Å². The standard InChI is InChI=1S/C20H18F3N5O5S/c1-28-13-5-2-9(17(31)32)6-12(13)26-19(28,8-14(29)16(24)30)27-18-25-11-4-3-10(7-15(11)34-18)33-20(21,22)23/h2-7,14,26,29H,8H2,1H3,(H2,24,30)(H,25,27)(H,31,32). The molecule has 0 aliphatic carbocycles. The molecular formula is C20H18F3N5O5S. The van der Waals surface area contributed by atoms with Crippen LogP contribution in [0, 0.1) is 0 Å². The van der Waals surface area contributed by atoms with Crippen molar-refractivity contribution in [1.82, 2.24) is 4.98 Å². The number of aliphatic hydroxyl groups is 1. The van der Waals surface area contributed by atoms with E-state index in [2.05, 4.69) is 20.4 Å². The van der Waals surface area contributed by atoms with Crippen LogP contribution in [0.25, 0.3) is 10.2 Å². The van der Waals surface area contributed by atoms with E-state index in [0.29, 0.717) is 21.6 Å². The monoisotopic (exact) mass is 497 g/mol. The second-order valence-corrected chi connectivity index (χ2v) is 8.56. The van der Waals surface area contributed by atoms with Gasteiger partial charge in [0.15, 0.2) is 10.9 Å². The Morgan fingerprint density at radius 3 is 2.71 bits per heavy atom. The molecule has 2 atom stereocenters. The Bertz CT molecular complexity index is 1280. The van der Waals surface area contributed by atoms with E-state index in [-0.39, 0.29) is 17.1 Å². The predicted octanol–water partition coefficient (Wildman–Crippen LogP) is 2.76. The molecule has 2 unspecified atom stereocenters. The first-order valence-electron chi connectivity index (χ1n) is 9.68. The summed E-state index contributed by atoms with van der Waals surface area (Å²) in [7, 11) is 1.64. The fourth-order valence-corrected chi connectivity index (χ4v) is 4.61. The summed E-state index contributed by atoms with van der Waals surface area (Å²) < 4.78 is 42.0. The van der Waals surface area contributed by atoms with Crippen molar-refractivity contribution in [3.63, 3.8) is 0 Å². The molecule has 1 aliphatic rings. The lowest BCUT2D eigenvalue weighted by Crippen LogP contribution is -2.58. The third-order valence-corrected chi connectivity index (χ3v) is 6.18. The highest BCUT2D eigenvalue weighted by molar-refractivity contribution is 7.22. The Morgan fingerprint density at radius 2 is 2.06 bits per heavy atom. The molecule has 180 valence electrons. The van der Waals surface area contributed by atoms with E-state index in [1.165, 1.54) is 24.3 Å². The molecule has 0 saturated heterocycles. The van der Waals surface area contributed by atoms with Gasteiger partial charge in [-0.15, -0.1) is 13.2 Å². The van der Waals surface area contributed by atoms with Gasteiger partial charge in [-0.05, 0) is 30.3 Å². The van der Waals surface area contributed by atoms with Crippen molar-refractivity contribution in [2.75, 3.05) is 22.6 Å². The number of primary amides is 1. The van der Waals surface area contributed by atoms with Crippen LogP contribution < -0.4 is 26.0 Å². The average molecular weight is 497 g/mol. The van der Waals surface area contributed by atoms with Gasteiger partial charge in [-0.25, -0.2) is 9.78 Å². The quantitative estimate of drug-likeness (QED) is 0.332. The Morgan fingerprint density at radius 1 is 1.32 bits per heavy atom. The number of halogens is 3. The van der Waals surface area contributed by atoms with Crippen LogP contribution in [0.5, 0.6) is 5.75 Å². The van der Waals surface area contributed by atoms with Gasteiger partial charge in [0.05, 0.1) is 27.2 Å². The van der Waals surface area contributed by atoms with Crippen molar-refractivity contribution in [3.05, 3.63) is 42.0 Å². The van der Waals surface area contributed by atoms with E-state index in [9.17, 15) is 33.0 Å². The Balaban J connectivity index is 1.70. The van der Waals surface area contributed by atoms with Crippen molar-refractivity contribution >= 4 is 49.9 Å². The molecule has 4 rings (SSSR count). The van der Waals surface area contributed by atoms with E-state index < -0.39 is 35.9 Å². The fraction of sp³-hybridized carbons (Fsp3) is 0.250. The number of carbonyl (C=O) groups excluding carboxylic acids is 1. The molecule has 0 radical (unpaired) electrons. The summed E-state index contributed by atoms with van der Waals surface area (Å²) in [5, 5.41) is 26.0. The lowest BCUT2D eigenvalue weighted by molar-refractivity contribution is -0.274. The smallest absolute Gasteiger partial charge is 0.478 e. The van der Waals surface area contributed by atoms with Gasteiger partial charge in [-0.3, -0.25) is 4.79 Å². The first-order valence-corrected chi connectivity index (χ1v) is 10.5. The van der Waals surface area contributed by atoms with Crippen LogP contribution in [-0.4, -0.2) is 52.4 Å². The topological polar surface area (TPSA) is 150 Å². The van der Waals surface area contributed by atoms with E-state index in [1.807, 2.05) is 0 Å². The number of hydrogen-bond donors (Lipinski definition) is 5.